The first-order chi connectivity index (χ1) is 9.75. The Hall–Kier alpha value is -1.62. The summed E-state index contributed by atoms with van der Waals surface area (Å²) < 4.78 is 0. The normalized spacial score (nSPS) is 11.9. The second-order valence-electron chi connectivity index (χ2n) is 6.31. The number of hydrogen-bond acceptors (Lipinski definition) is 4. The molecule has 2 heterocycles. The average molecular weight is 305 g/mol. The lowest BCUT2D eigenvalue weighted by molar-refractivity contribution is 0.0940. The van der Waals surface area contributed by atoms with Gasteiger partial charge in [-0.3, -0.25) is 4.79 Å². The lowest BCUT2D eigenvalue weighted by atomic mass is 9.90. The highest BCUT2D eigenvalue weighted by Gasteiger charge is 2.21. The number of aryl methyl sites for hydroxylation is 2. The molecule has 0 atom stereocenters. The second-order valence-corrected chi connectivity index (χ2v) is 7.31. The number of nitrogens with zero attached hydrogens (tertiary/aromatic N) is 1. The molecule has 21 heavy (non-hydrogen) atoms. The van der Waals surface area contributed by atoms with Gasteiger partial charge in [-0.2, -0.15) is 0 Å². The number of aromatic nitrogens is 1. The van der Waals surface area contributed by atoms with Gasteiger partial charge in [0.05, 0.1) is 5.69 Å². The second kappa shape index (κ2) is 5.64. The molecule has 0 aromatic carbocycles. The van der Waals surface area contributed by atoms with E-state index in [-0.39, 0.29) is 11.3 Å². The third kappa shape index (κ3) is 3.18. The Kier molecular flexibility index (Phi) is 4.23. The van der Waals surface area contributed by atoms with Crippen LogP contribution < -0.4 is 11.1 Å². The van der Waals surface area contributed by atoms with Crippen LogP contribution in [-0.4, -0.2) is 17.4 Å². The number of thiophene rings is 1. The number of nitrogens with two attached hydrogens (primary N) is 1. The average Bonchev–Trinajstić information content (AvgIpc) is 2.73. The number of carbonyl (C=O) groups excluding carboxylic acids is 1. The largest absolute Gasteiger partial charge is 0.397 e. The fourth-order valence-electron chi connectivity index (χ4n) is 2.16. The minimum atomic E-state index is -0.103. The molecule has 1 amide bonds. The fraction of sp³-hybridized carbons (Fsp3) is 0.500. The SMILES string of the molecule is CCC(C)(C)CNC(=O)c1sc2nc(C)cc(C)c2c1N. The number of anilines is 1. The topological polar surface area (TPSA) is 68.0 Å². The molecule has 0 fully saturated rings. The smallest absolute Gasteiger partial charge is 0.263 e. The van der Waals surface area contributed by atoms with Crippen molar-refractivity contribution >= 4 is 33.1 Å². The predicted octanol–water partition coefficient (Wildman–Crippen LogP) is 3.66. The molecule has 4 nitrogen and oxygen atoms in total. The molecule has 2 aromatic heterocycles. The van der Waals surface area contributed by atoms with Crippen molar-refractivity contribution < 1.29 is 4.79 Å². The van der Waals surface area contributed by atoms with Crippen LogP contribution >= 0.6 is 11.3 Å². The highest BCUT2D eigenvalue weighted by molar-refractivity contribution is 7.21. The number of nitrogen functional groups attached to an aromatic ring is 1. The first kappa shape index (κ1) is 15.8. The molecule has 0 aliphatic heterocycles. The van der Waals surface area contributed by atoms with Gasteiger partial charge in [0.2, 0.25) is 0 Å². The van der Waals surface area contributed by atoms with E-state index in [0.29, 0.717) is 17.1 Å². The number of nitrogens with one attached hydrogen (secondary N) is 1. The molecule has 0 saturated heterocycles. The van der Waals surface area contributed by atoms with Crippen LogP contribution in [0.2, 0.25) is 0 Å². The summed E-state index contributed by atoms with van der Waals surface area (Å²) in [5, 5.41) is 3.90. The molecule has 114 valence electrons. The van der Waals surface area contributed by atoms with Gasteiger partial charge in [-0.15, -0.1) is 11.3 Å². The van der Waals surface area contributed by atoms with Gasteiger partial charge in [-0.05, 0) is 37.3 Å². The number of amides is 1. The standard InChI is InChI=1S/C16H23N3OS/c1-6-16(4,5)8-18-14(20)13-12(17)11-9(2)7-10(3)19-15(11)21-13/h7H,6,8,17H2,1-5H3,(H,18,20). The van der Waals surface area contributed by atoms with Gasteiger partial charge < -0.3 is 11.1 Å². The van der Waals surface area contributed by atoms with Crippen molar-refractivity contribution in [2.45, 2.75) is 41.0 Å². The molecule has 3 N–H and O–H groups in total. The maximum absolute atomic E-state index is 12.4. The summed E-state index contributed by atoms with van der Waals surface area (Å²) in [5.41, 5.74) is 8.82. The Bertz CT molecular complexity index is 688. The molecule has 5 heteroatoms. The molecular weight excluding hydrogens is 282 g/mol. The molecule has 0 spiro atoms. The molecule has 2 rings (SSSR count). The number of pyridine rings is 1. The number of rotatable bonds is 4. The quantitative estimate of drug-likeness (QED) is 0.905. The van der Waals surface area contributed by atoms with E-state index in [1.54, 1.807) is 0 Å². The Morgan fingerprint density at radius 2 is 2.10 bits per heavy atom. The van der Waals surface area contributed by atoms with E-state index in [0.717, 1.165) is 27.9 Å². The van der Waals surface area contributed by atoms with Gasteiger partial charge >= 0.3 is 0 Å². The van der Waals surface area contributed by atoms with Crippen LogP contribution in [0.3, 0.4) is 0 Å². The van der Waals surface area contributed by atoms with Crippen LogP contribution in [0, 0.1) is 19.3 Å². The van der Waals surface area contributed by atoms with E-state index in [9.17, 15) is 4.79 Å². The van der Waals surface area contributed by atoms with Gasteiger partial charge in [-0.1, -0.05) is 20.8 Å². The summed E-state index contributed by atoms with van der Waals surface area (Å²) in [5.74, 6) is -0.103. The van der Waals surface area contributed by atoms with Crippen molar-refractivity contribution in [1.29, 1.82) is 0 Å². The molecule has 0 bridgehead atoms. The maximum Gasteiger partial charge on any atom is 0.263 e. The molecule has 0 radical (unpaired) electrons. The van der Waals surface area contributed by atoms with E-state index in [1.165, 1.54) is 11.3 Å². The van der Waals surface area contributed by atoms with Crippen LogP contribution in [0.25, 0.3) is 10.2 Å². The van der Waals surface area contributed by atoms with Crippen LogP contribution in [0.1, 0.15) is 48.1 Å². The first-order valence-corrected chi connectivity index (χ1v) is 8.01. The minimum absolute atomic E-state index is 0.0891. The van der Waals surface area contributed by atoms with E-state index in [1.807, 2.05) is 19.9 Å². The van der Waals surface area contributed by atoms with E-state index in [4.69, 9.17) is 5.73 Å². The van der Waals surface area contributed by atoms with Crippen molar-refractivity contribution in [2.24, 2.45) is 5.41 Å². The monoisotopic (exact) mass is 305 g/mol. The summed E-state index contributed by atoms with van der Waals surface area (Å²) in [6.07, 6.45) is 1.01. The van der Waals surface area contributed by atoms with Gasteiger partial charge in [0, 0.05) is 17.6 Å². The molecular formula is C16H23N3OS. The third-order valence-electron chi connectivity index (χ3n) is 3.92. The number of carbonyl (C=O) groups is 1. The third-order valence-corrected chi connectivity index (χ3v) is 5.01. The van der Waals surface area contributed by atoms with Gasteiger partial charge in [-0.25, -0.2) is 4.98 Å². The predicted molar refractivity (Wildman–Crippen MR) is 89.9 cm³/mol. The van der Waals surface area contributed by atoms with Crippen molar-refractivity contribution in [2.75, 3.05) is 12.3 Å². The summed E-state index contributed by atoms with van der Waals surface area (Å²) in [6.45, 7) is 11.0. The number of fused-ring (bicyclic) bond motifs is 1. The van der Waals surface area contributed by atoms with Crippen LogP contribution in [-0.2, 0) is 0 Å². The van der Waals surface area contributed by atoms with Crippen LogP contribution in [0.5, 0.6) is 0 Å². The van der Waals surface area contributed by atoms with Gasteiger partial charge in [0.25, 0.3) is 5.91 Å². The Labute approximate surface area is 129 Å². The van der Waals surface area contributed by atoms with E-state index in [2.05, 4.69) is 31.1 Å². The zero-order valence-corrected chi connectivity index (χ0v) is 14.1. The van der Waals surface area contributed by atoms with Crippen molar-refractivity contribution in [3.8, 4) is 0 Å². The summed E-state index contributed by atoms with van der Waals surface area (Å²) in [7, 11) is 0. The minimum Gasteiger partial charge on any atom is -0.397 e. The molecule has 0 unspecified atom stereocenters. The van der Waals surface area contributed by atoms with Gasteiger partial charge in [0.1, 0.15) is 9.71 Å². The summed E-state index contributed by atoms with van der Waals surface area (Å²) in [6, 6.07) is 1.99. The Morgan fingerprint density at radius 1 is 1.43 bits per heavy atom. The molecule has 0 aliphatic rings. The molecule has 2 aromatic rings. The molecule has 0 aliphatic carbocycles. The summed E-state index contributed by atoms with van der Waals surface area (Å²) >= 11 is 1.37. The Morgan fingerprint density at radius 3 is 2.71 bits per heavy atom. The number of hydrogen-bond donors (Lipinski definition) is 2. The van der Waals surface area contributed by atoms with Crippen LogP contribution in [0.15, 0.2) is 6.07 Å². The van der Waals surface area contributed by atoms with Crippen LogP contribution in [0.4, 0.5) is 5.69 Å². The lowest BCUT2D eigenvalue weighted by Gasteiger charge is -2.22. The zero-order chi connectivity index (χ0) is 15.8. The van der Waals surface area contributed by atoms with Crippen molar-refractivity contribution in [3.05, 3.63) is 22.2 Å². The van der Waals surface area contributed by atoms with Crippen molar-refractivity contribution in [3.63, 3.8) is 0 Å². The molecule has 0 saturated carbocycles. The van der Waals surface area contributed by atoms with E-state index >= 15 is 0 Å². The Balaban J connectivity index is 2.32. The lowest BCUT2D eigenvalue weighted by Crippen LogP contribution is -2.33. The van der Waals surface area contributed by atoms with E-state index < -0.39 is 0 Å². The van der Waals surface area contributed by atoms with Gasteiger partial charge in [0.15, 0.2) is 0 Å². The zero-order valence-electron chi connectivity index (χ0n) is 13.3. The maximum atomic E-state index is 12.4. The summed E-state index contributed by atoms with van der Waals surface area (Å²) in [4.78, 5) is 18.3. The highest BCUT2D eigenvalue weighted by atomic mass is 32.1. The fourth-order valence-corrected chi connectivity index (χ4v) is 3.30. The van der Waals surface area contributed by atoms with Crippen molar-refractivity contribution in [1.82, 2.24) is 10.3 Å². The highest BCUT2D eigenvalue weighted by Crippen LogP contribution is 2.35. The first-order valence-electron chi connectivity index (χ1n) is 7.19.